The highest BCUT2D eigenvalue weighted by atomic mass is 79.9. The lowest BCUT2D eigenvalue weighted by molar-refractivity contribution is 0.0692. The molecule has 0 amide bonds. The highest BCUT2D eigenvalue weighted by Gasteiger charge is 2.13. The summed E-state index contributed by atoms with van der Waals surface area (Å²) in [5, 5.41) is 12.6. The molecule has 2 aromatic carbocycles. The van der Waals surface area contributed by atoms with Crippen molar-refractivity contribution in [2.45, 2.75) is 20.3 Å². The molecule has 0 unspecified atom stereocenters. The summed E-state index contributed by atoms with van der Waals surface area (Å²) >= 11 is 3.47. The van der Waals surface area contributed by atoms with Gasteiger partial charge in [-0.05, 0) is 50.1 Å². The third kappa shape index (κ3) is 5.95. The van der Waals surface area contributed by atoms with Gasteiger partial charge in [0.1, 0.15) is 29.2 Å². The van der Waals surface area contributed by atoms with Crippen molar-refractivity contribution in [1.82, 2.24) is 9.97 Å². The molecule has 0 aliphatic rings. The van der Waals surface area contributed by atoms with Gasteiger partial charge in [-0.3, -0.25) is 0 Å². The third-order valence-electron chi connectivity index (χ3n) is 4.50. The summed E-state index contributed by atoms with van der Waals surface area (Å²) in [6.07, 6.45) is 2.25. The van der Waals surface area contributed by atoms with Crippen molar-refractivity contribution in [1.29, 1.82) is 0 Å². The minimum atomic E-state index is -1.03. The molecule has 0 aliphatic heterocycles. The van der Waals surface area contributed by atoms with Crippen LogP contribution in [-0.2, 0) is 6.42 Å². The number of aromatic nitrogens is 2. The van der Waals surface area contributed by atoms with Crippen LogP contribution in [0.5, 0.6) is 11.5 Å². The Morgan fingerprint density at radius 3 is 2.55 bits per heavy atom. The molecule has 1 heterocycles. The zero-order chi connectivity index (χ0) is 22.2. The average molecular weight is 486 g/mol. The smallest absolute Gasteiger partial charge is 0.339 e. The normalized spacial score (nSPS) is 10.5. The van der Waals surface area contributed by atoms with Crippen molar-refractivity contribution in [3.8, 4) is 22.8 Å². The van der Waals surface area contributed by atoms with Crippen LogP contribution in [0.4, 0.5) is 5.82 Å². The molecule has 2 N–H and O–H groups in total. The van der Waals surface area contributed by atoms with Crippen LogP contribution in [0.3, 0.4) is 0 Å². The van der Waals surface area contributed by atoms with Crippen LogP contribution in [0.2, 0.25) is 0 Å². The summed E-state index contributed by atoms with van der Waals surface area (Å²) in [4.78, 5) is 20.0. The first-order valence-electron chi connectivity index (χ1n) is 9.99. The van der Waals surface area contributed by atoms with E-state index in [2.05, 4.69) is 31.2 Å². The van der Waals surface area contributed by atoms with Crippen LogP contribution in [0.25, 0.3) is 11.3 Å². The van der Waals surface area contributed by atoms with E-state index in [9.17, 15) is 9.90 Å². The van der Waals surface area contributed by atoms with E-state index in [0.29, 0.717) is 37.0 Å². The molecule has 0 fully saturated rings. The second-order valence-electron chi connectivity index (χ2n) is 6.60. The highest BCUT2D eigenvalue weighted by molar-refractivity contribution is 9.10. The van der Waals surface area contributed by atoms with Crippen LogP contribution in [0.15, 0.2) is 53.3 Å². The van der Waals surface area contributed by atoms with Crippen molar-refractivity contribution >= 4 is 27.7 Å². The number of hydrogen-bond acceptors (Lipinski definition) is 6. The first kappa shape index (κ1) is 22.6. The molecule has 31 heavy (non-hydrogen) atoms. The Kier molecular flexibility index (Phi) is 7.83. The Bertz CT molecular complexity index is 1060. The maximum Gasteiger partial charge on any atom is 0.339 e. The number of aromatic carboxylic acids is 1. The predicted octanol–water partition coefficient (Wildman–Crippen LogP) is 5.06. The molecule has 0 aliphatic carbocycles. The number of hydrogen-bond donors (Lipinski definition) is 2. The van der Waals surface area contributed by atoms with Crippen molar-refractivity contribution in [3.63, 3.8) is 0 Å². The van der Waals surface area contributed by atoms with Gasteiger partial charge in [0, 0.05) is 22.6 Å². The van der Waals surface area contributed by atoms with Crippen LogP contribution in [0, 0.1) is 0 Å². The fourth-order valence-electron chi connectivity index (χ4n) is 3.10. The SMILES string of the molecule is CCOc1cc(Br)ccc1CCNc1cc(-c2ccc(C(=O)O)c(OCC)c2)ncn1. The zero-order valence-corrected chi connectivity index (χ0v) is 19.0. The summed E-state index contributed by atoms with van der Waals surface area (Å²) in [5.74, 6) is 0.836. The standard InChI is InChI=1S/C23H24BrN3O4/c1-3-30-20-12-17(24)7-5-15(20)9-10-25-22-13-19(26-14-27-22)16-6-8-18(23(28)29)21(11-16)31-4-2/h5-8,11-14H,3-4,9-10H2,1-2H3,(H,28,29)(H,25,26,27). The third-order valence-corrected chi connectivity index (χ3v) is 5.00. The van der Waals surface area contributed by atoms with Gasteiger partial charge in [-0.25, -0.2) is 14.8 Å². The summed E-state index contributed by atoms with van der Waals surface area (Å²) in [7, 11) is 0. The fourth-order valence-corrected chi connectivity index (χ4v) is 3.44. The van der Waals surface area contributed by atoms with E-state index in [4.69, 9.17) is 9.47 Å². The van der Waals surface area contributed by atoms with E-state index >= 15 is 0 Å². The maximum atomic E-state index is 11.4. The van der Waals surface area contributed by atoms with Gasteiger partial charge in [0.05, 0.1) is 18.9 Å². The largest absolute Gasteiger partial charge is 0.494 e. The summed E-state index contributed by atoms with van der Waals surface area (Å²) in [6, 6.07) is 12.8. The number of ether oxygens (including phenoxy) is 2. The van der Waals surface area contributed by atoms with Gasteiger partial charge in [0.2, 0.25) is 0 Å². The topological polar surface area (TPSA) is 93.6 Å². The Morgan fingerprint density at radius 1 is 1.03 bits per heavy atom. The molecule has 0 bridgehead atoms. The molecule has 7 nitrogen and oxygen atoms in total. The van der Waals surface area contributed by atoms with Gasteiger partial charge in [0.25, 0.3) is 0 Å². The highest BCUT2D eigenvalue weighted by Crippen LogP contribution is 2.28. The number of benzene rings is 2. The Morgan fingerprint density at radius 2 is 1.81 bits per heavy atom. The maximum absolute atomic E-state index is 11.4. The first-order chi connectivity index (χ1) is 15.0. The van der Waals surface area contributed by atoms with Crippen molar-refractivity contribution in [2.75, 3.05) is 25.1 Å². The summed E-state index contributed by atoms with van der Waals surface area (Å²) in [6.45, 7) is 5.43. The van der Waals surface area contributed by atoms with Crippen molar-refractivity contribution in [3.05, 3.63) is 64.4 Å². The van der Waals surface area contributed by atoms with Crippen molar-refractivity contribution < 1.29 is 19.4 Å². The number of halogens is 1. The zero-order valence-electron chi connectivity index (χ0n) is 17.4. The molecule has 0 radical (unpaired) electrons. The number of nitrogens with zero attached hydrogens (tertiary/aromatic N) is 2. The molecular formula is C23H24BrN3O4. The van der Waals surface area contributed by atoms with E-state index in [1.807, 2.05) is 38.1 Å². The van der Waals surface area contributed by atoms with Gasteiger partial charge >= 0.3 is 5.97 Å². The van der Waals surface area contributed by atoms with Crippen LogP contribution >= 0.6 is 15.9 Å². The van der Waals surface area contributed by atoms with Gasteiger partial charge in [-0.2, -0.15) is 0 Å². The second-order valence-corrected chi connectivity index (χ2v) is 7.52. The molecular weight excluding hydrogens is 462 g/mol. The lowest BCUT2D eigenvalue weighted by Crippen LogP contribution is -2.08. The van der Waals surface area contributed by atoms with Crippen LogP contribution in [0.1, 0.15) is 29.8 Å². The van der Waals surface area contributed by atoms with E-state index in [1.165, 1.54) is 12.4 Å². The Labute approximate surface area is 189 Å². The van der Waals surface area contributed by atoms with E-state index < -0.39 is 5.97 Å². The molecule has 3 rings (SSSR count). The number of carboxylic acid groups (broad SMARTS) is 1. The van der Waals surface area contributed by atoms with E-state index in [-0.39, 0.29) is 5.56 Å². The lowest BCUT2D eigenvalue weighted by atomic mass is 10.1. The van der Waals surface area contributed by atoms with Crippen LogP contribution in [-0.4, -0.2) is 40.8 Å². The molecule has 162 valence electrons. The van der Waals surface area contributed by atoms with Crippen LogP contribution < -0.4 is 14.8 Å². The number of rotatable bonds is 10. The van der Waals surface area contributed by atoms with Gasteiger partial charge in [-0.15, -0.1) is 0 Å². The molecule has 3 aromatic rings. The molecule has 8 heteroatoms. The van der Waals surface area contributed by atoms with Gasteiger partial charge in [-0.1, -0.05) is 28.1 Å². The monoisotopic (exact) mass is 485 g/mol. The Balaban J connectivity index is 1.73. The summed E-state index contributed by atoms with van der Waals surface area (Å²) in [5.41, 5.74) is 2.66. The summed E-state index contributed by atoms with van der Waals surface area (Å²) < 4.78 is 12.2. The Hall–Kier alpha value is -3.13. The minimum Gasteiger partial charge on any atom is -0.494 e. The van der Waals surface area contributed by atoms with Gasteiger partial charge in [0.15, 0.2) is 0 Å². The fraction of sp³-hybridized carbons (Fsp3) is 0.261. The number of nitrogens with one attached hydrogen (secondary N) is 1. The second kappa shape index (κ2) is 10.8. The molecule has 0 saturated heterocycles. The molecule has 1 aromatic heterocycles. The lowest BCUT2D eigenvalue weighted by Gasteiger charge is -2.12. The molecule has 0 spiro atoms. The predicted molar refractivity (Wildman–Crippen MR) is 123 cm³/mol. The van der Waals surface area contributed by atoms with Crippen molar-refractivity contribution in [2.24, 2.45) is 0 Å². The number of carboxylic acids is 1. The quantitative estimate of drug-likeness (QED) is 0.414. The molecule has 0 atom stereocenters. The molecule has 0 saturated carbocycles. The number of anilines is 1. The minimum absolute atomic E-state index is 0.123. The first-order valence-corrected chi connectivity index (χ1v) is 10.8. The number of carbonyl (C=O) groups is 1. The van der Waals surface area contributed by atoms with E-state index in [0.717, 1.165) is 27.8 Å². The van der Waals surface area contributed by atoms with Gasteiger partial charge < -0.3 is 19.9 Å². The average Bonchev–Trinajstić information content (AvgIpc) is 2.76. The van der Waals surface area contributed by atoms with E-state index in [1.54, 1.807) is 12.1 Å².